The molecule has 0 bridgehead atoms. The summed E-state index contributed by atoms with van der Waals surface area (Å²) in [6, 6.07) is 8.25. The Bertz CT molecular complexity index is 596. The summed E-state index contributed by atoms with van der Waals surface area (Å²) in [4.78, 5) is 4.15. The van der Waals surface area contributed by atoms with E-state index in [1.807, 2.05) is 19.2 Å². The third kappa shape index (κ3) is 5.00. The molecule has 0 aliphatic carbocycles. The quantitative estimate of drug-likeness (QED) is 0.870. The molecule has 21 heavy (non-hydrogen) atoms. The molecule has 0 spiro atoms. The van der Waals surface area contributed by atoms with Gasteiger partial charge in [-0.1, -0.05) is 12.2 Å². The van der Waals surface area contributed by atoms with Crippen LogP contribution in [0.25, 0.3) is 6.08 Å². The van der Waals surface area contributed by atoms with Crippen molar-refractivity contribution in [2.45, 2.75) is 19.4 Å². The zero-order chi connectivity index (χ0) is 15.1. The van der Waals surface area contributed by atoms with Crippen LogP contribution in [0.4, 0.5) is 4.39 Å². The van der Waals surface area contributed by atoms with Crippen LogP contribution in [0.3, 0.4) is 0 Å². The molecule has 0 saturated carbocycles. The van der Waals surface area contributed by atoms with E-state index in [9.17, 15) is 4.39 Å². The van der Waals surface area contributed by atoms with Crippen molar-refractivity contribution in [2.24, 2.45) is 0 Å². The fourth-order valence-corrected chi connectivity index (χ4v) is 1.75. The first kappa shape index (κ1) is 15.2. The number of pyridine rings is 1. The first-order valence-electron chi connectivity index (χ1n) is 6.89. The molecule has 1 aromatic heterocycles. The van der Waals surface area contributed by atoms with Crippen molar-refractivity contribution in [1.82, 2.24) is 10.3 Å². The van der Waals surface area contributed by atoms with E-state index in [0.29, 0.717) is 17.5 Å². The summed E-state index contributed by atoms with van der Waals surface area (Å²) in [5.41, 5.74) is 0.970. The van der Waals surface area contributed by atoms with E-state index >= 15 is 0 Å². The Labute approximate surface area is 124 Å². The summed E-state index contributed by atoms with van der Waals surface area (Å²) < 4.78 is 18.5. The molecule has 0 fully saturated rings. The van der Waals surface area contributed by atoms with Crippen LogP contribution in [0.2, 0.25) is 0 Å². The molecule has 3 nitrogen and oxygen atoms in total. The van der Waals surface area contributed by atoms with Crippen LogP contribution in [-0.2, 0) is 0 Å². The average Bonchev–Trinajstić information content (AvgIpc) is 2.50. The van der Waals surface area contributed by atoms with Crippen LogP contribution in [0.5, 0.6) is 11.5 Å². The molecule has 2 rings (SSSR count). The van der Waals surface area contributed by atoms with Crippen molar-refractivity contribution in [2.75, 3.05) is 7.05 Å². The minimum Gasteiger partial charge on any atom is -0.456 e. The third-order valence-corrected chi connectivity index (χ3v) is 3.08. The second-order valence-electron chi connectivity index (χ2n) is 4.84. The van der Waals surface area contributed by atoms with Gasteiger partial charge in [-0.25, -0.2) is 4.39 Å². The van der Waals surface area contributed by atoms with E-state index in [2.05, 4.69) is 23.3 Å². The van der Waals surface area contributed by atoms with Gasteiger partial charge in [0.25, 0.3) is 0 Å². The maximum Gasteiger partial charge on any atom is 0.146 e. The van der Waals surface area contributed by atoms with Gasteiger partial charge in [-0.2, -0.15) is 0 Å². The van der Waals surface area contributed by atoms with Crippen LogP contribution in [0.1, 0.15) is 18.9 Å². The second-order valence-corrected chi connectivity index (χ2v) is 4.84. The average molecular weight is 286 g/mol. The molecule has 1 atom stereocenters. The van der Waals surface area contributed by atoms with Gasteiger partial charge in [0, 0.05) is 12.2 Å². The predicted octanol–water partition coefficient (Wildman–Crippen LogP) is 4.02. The highest BCUT2D eigenvalue weighted by atomic mass is 19.1. The van der Waals surface area contributed by atoms with Gasteiger partial charge in [-0.3, -0.25) is 4.98 Å². The minimum atomic E-state index is -0.282. The Hall–Kier alpha value is -2.20. The number of ether oxygens (including phenoxy) is 1. The van der Waals surface area contributed by atoms with Crippen molar-refractivity contribution in [3.05, 3.63) is 60.2 Å². The molecular formula is C17H19FN2O. The van der Waals surface area contributed by atoms with Gasteiger partial charge in [-0.15, -0.1) is 0 Å². The van der Waals surface area contributed by atoms with Gasteiger partial charge >= 0.3 is 0 Å². The van der Waals surface area contributed by atoms with E-state index in [-0.39, 0.29) is 5.82 Å². The minimum absolute atomic E-state index is 0.282. The van der Waals surface area contributed by atoms with Gasteiger partial charge < -0.3 is 10.1 Å². The van der Waals surface area contributed by atoms with Crippen molar-refractivity contribution >= 4 is 6.08 Å². The van der Waals surface area contributed by atoms with Gasteiger partial charge in [0.1, 0.15) is 17.3 Å². The fourth-order valence-electron chi connectivity index (χ4n) is 1.75. The first-order valence-corrected chi connectivity index (χ1v) is 6.89. The number of hydrogen-bond acceptors (Lipinski definition) is 3. The third-order valence-electron chi connectivity index (χ3n) is 3.08. The highest BCUT2D eigenvalue weighted by Gasteiger charge is 1.99. The molecule has 0 amide bonds. The van der Waals surface area contributed by atoms with Gasteiger partial charge in [0.15, 0.2) is 0 Å². The number of hydrogen-bond donors (Lipinski definition) is 1. The van der Waals surface area contributed by atoms with E-state index in [0.717, 1.165) is 12.0 Å². The maximum absolute atomic E-state index is 12.8. The van der Waals surface area contributed by atoms with Crippen molar-refractivity contribution < 1.29 is 9.13 Å². The van der Waals surface area contributed by atoms with Crippen LogP contribution in [-0.4, -0.2) is 18.1 Å². The number of rotatable bonds is 6. The first-order chi connectivity index (χ1) is 10.2. The molecule has 1 heterocycles. The second kappa shape index (κ2) is 7.55. The Morgan fingerprint density at radius 2 is 2.00 bits per heavy atom. The highest BCUT2D eigenvalue weighted by molar-refractivity contribution is 5.50. The lowest BCUT2D eigenvalue weighted by Gasteiger charge is -2.06. The van der Waals surface area contributed by atoms with Gasteiger partial charge in [-0.05, 0) is 56.3 Å². The SMILES string of the molecule is CN[C@H](C)C/C=C/c1cncc(Oc2ccc(F)cc2)c1. The molecule has 110 valence electrons. The Morgan fingerprint density at radius 3 is 2.71 bits per heavy atom. The molecule has 4 heteroatoms. The van der Waals surface area contributed by atoms with Crippen molar-refractivity contribution in [3.63, 3.8) is 0 Å². The zero-order valence-electron chi connectivity index (χ0n) is 12.2. The molecule has 1 N–H and O–H groups in total. The van der Waals surface area contributed by atoms with Crippen LogP contribution in [0, 0.1) is 5.82 Å². The van der Waals surface area contributed by atoms with Crippen LogP contribution in [0.15, 0.2) is 48.8 Å². The number of nitrogens with zero attached hydrogens (tertiary/aromatic N) is 1. The number of aromatic nitrogens is 1. The molecular weight excluding hydrogens is 267 g/mol. The molecule has 0 radical (unpaired) electrons. The maximum atomic E-state index is 12.8. The largest absolute Gasteiger partial charge is 0.456 e. The number of benzene rings is 1. The molecule has 1 aromatic carbocycles. The Kier molecular flexibility index (Phi) is 5.46. The molecule has 0 aliphatic heterocycles. The van der Waals surface area contributed by atoms with E-state index in [1.54, 1.807) is 24.5 Å². The lowest BCUT2D eigenvalue weighted by atomic mass is 10.2. The number of halogens is 1. The van der Waals surface area contributed by atoms with E-state index in [4.69, 9.17) is 4.74 Å². The molecule has 0 saturated heterocycles. The topological polar surface area (TPSA) is 34.2 Å². The van der Waals surface area contributed by atoms with Crippen LogP contribution >= 0.6 is 0 Å². The summed E-state index contributed by atoms with van der Waals surface area (Å²) in [6.07, 6.45) is 8.47. The highest BCUT2D eigenvalue weighted by Crippen LogP contribution is 2.21. The summed E-state index contributed by atoms with van der Waals surface area (Å²) in [5, 5.41) is 3.18. The summed E-state index contributed by atoms with van der Waals surface area (Å²) in [5.74, 6) is 0.935. The van der Waals surface area contributed by atoms with E-state index < -0.39 is 0 Å². The Morgan fingerprint density at radius 1 is 1.24 bits per heavy atom. The van der Waals surface area contributed by atoms with Gasteiger partial charge in [0.05, 0.1) is 6.20 Å². The lowest BCUT2D eigenvalue weighted by Crippen LogP contribution is -2.19. The molecule has 0 unspecified atom stereocenters. The normalized spacial score (nSPS) is 12.5. The fraction of sp³-hybridized carbons (Fsp3) is 0.235. The van der Waals surface area contributed by atoms with Crippen molar-refractivity contribution in [3.8, 4) is 11.5 Å². The molecule has 2 aromatic rings. The smallest absolute Gasteiger partial charge is 0.146 e. The standard InChI is InChI=1S/C17H19FN2O/c1-13(19-2)4-3-5-14-10-17(12-20-11-14)21-16-8-6-15(18)7-9-16/h3,5-13,19H,4H2,1-2H3/b5-3+/t13-/m1/s1. The lowest BCUT2D eigenvalue weighted by molar-refractivity contribution is 0.478. The Balaban J connectivity index is 2.02. The summed E-state index contributed by atoms with van der Waals surface area (Å²) in [7, 11) is 1.94. The van der Waals surface area contributed by atoms with Gasteiger partial charge in [0.2, 0.25) is 0 Å². The van der Waals surface area contributed by atoms with Crippen LogP contribution < -0.4 is 10.1 Å². The monoisotopic (exact) mass is 286 g/mol. The van der Waals surface area contributed by atoms with Crippen molar-refractivity contribution in [1.29, 1.82) is 0 Å². The number of nitrogens with one attached hydrogen (secondary N) is 1. The molecule has 0 aliphatic rings. The summed E-state index contributed by atoms with van der Waals surface area (Å²) >= 11 is 0. The van der Waals surface area contributed by atoms with E-state index in [1.165, 1.54) is 12.1 Å². The zero-order valence-corrected chi connectivity index (χ0v) is 12.2. The predicted molar refractivity (Wildman–Crippen MR) is 82.9 cm³/mol. The summed E-state index contributed by atoms with van der Waals surface area (Å²) in [6.45, 7) is 2.12.